The van der Waals surface area contributed by atoms with Gasteiger partial charge in [0.2, 0.25) is 0 Å². The summed E-state index contributed by atoms with van der Waals surface area (Å²) >= 11 is 0. The van der Waals surface area contributed by atoms with Crippen LogP contribution in [0.15, 0.2) is 36.9 Å². The Morgan fingerprint density at radius 3 is 2.06 bits per heavy atom. The van der Waals surface area contributed by atoms with Gasteiger partial charge in [0, 0.05) is 5.57 Å². The smallest absolute Gasteiger partial charge is 0.104 e. The molecule has 0 aliphatic rings. The highest BCUT2D eigenvalue weighted by Gasteiger charge is 2.18. The molecule has 0 N–H and O–H groups in total. The highest BCUT2D eigenvalue weighted by Crippen LogP contribution is 2.16. The van der Waals surface area contributed by atoms with Gasteiger partial charge in [-0.25, -0.2) is 0 Å². The topological polar surface area (TPSA) is 0 Å². The summed E-state index contributed by atoms with van der Waals surface area (Å²) < 4.78 is 1.06. The monoisotopic (exact) mass is 331 g/mol. The van der Waals surface area contributed by atoms with Gasteiger partial charge in [0.25, 0.3) is 0 Å². The number of hydrogen-bond donors (Lipinski definition) is 0. The standard InChI is InChI=1S/C14H22N.HI/c1-5-15(4,6-2)12-13(3)14-10-8-7-9-11-14;/h7-11H,3,5-6,12H2,1-2,4H3;1H/q+1;/p-1. The SMILES string of the molecule is C=C(C[N+](C)(CC)CC)c1ccccc1.[I-]. The van der Waals surface area contributed by atoms with E-state index in [4.69, 9.17) is 0 Å². The van der Waals surface area contributed by atoms with Crippen molar-refractivity contribution in [2.24, 2.45) is 0 Å². The van der Waals surface area contributed by atoms with E-state index in [0.717, 1.165) is 24.1 Å². The first kappa shape index (κ1) is 15.7. The molecular formula is C14H22IN. The van der Waals surface area contributed by atoms with E-state index in [0.29, 0.717) is 0 Å². The number of likely N-dealkylation sites (N-methyl/N-ethyl adjacent to an activating group) is 1. The van der Waals surface area contributed by atoms with Crippen LogP contribution >= 0.6 is 0 Å². The maximum Gasteiger partial charge on any atom is 0.104 e. The van der Waals surface area contributed by atoms with Crippen molar-refractivity contribution < 1.29 is 28.5 Å². The second-order valence-corrected chi connectivity index (χ2v) is 4.38. The Morgan fingerprint density at radius 2 is 1.62 bits per heavy atom. The van der Waals surface area contributed by atoms with Crippen LogP contribution in [0.1, 0.15) is 19.4 Å². The van der Waals surface area contributed by atoms with Gasteiger partial charge in [0.15, 0.2) is 0 Å². The van der Waals surface area contributed by atoms with Gasteiger partial charge in [-0.15, -0.1) is 0 Å². The fourth-order valence-electron chi connectivity index (χ4n) is 1.67. The Labute approximate surface area is 117 Å². The first-order valence-electron chi connectivity index (χ1n) is 5.68. The molecule has 0 aliphatic heterocycles. The van der Waals surface area contributed by atoms with Crippen LogP contribution in [0.3, 0.4) is 0 Å². The lowest BCUT2D eigenvalue weighted by molar-refractivity contribution is -0.898. The largest absolute Gasteiger partial charge is 1.00 e. The van der Waals surface area contributed by atoms with Crippen molar-refractivity contribution in [1.82, 2.24) is 0 Å². The van der Waals surface area contributed by atoms with Crippen LogP contribution in [-0.4, -0.2) is 31.2 Å². The van der Waals surface area contributed by atoms with Crippen molar-refractivity contribution >= 4 is 5.57 Å². The molecule has 0 aromatic heterocycles. The zero-order valence-corrected chi connectivity index (χ0v) is 12.7. The van der Waals surface area contributed by atoms with Crippen LogP contribution in [0.4, 0.5) is 0 Å². The average Bonchev–Trinajstić information content (AvgIpc) is 2.30. The Hall–Kier alpha value is -0.350. The van der Waals surface area contributed by atoms with Gasteiger partial charge in [-0.05, 0) is 19.4 Å². The van der Waals surface area contributed by atoms with Gasteiger partial charge in [-0.3, -0.25) is 0 Å². The molecule has 0 fully saturated rings. The normalized spacial score (nSPS) is 10.7. The summed E-state index contributed by atoms with van der Waals surface area (Å²) in [5, 5.41) is 0. The minimum Gasteiger partial charge on any atom is -1.00 e. The minimum absolute atomic E-state index is 0. The molecule has 0 spiro atoms. The number of hydrogen-bond acceptors (Lipinski definition) is 0. The quantitative estimate of drug-likeness (QED) is 0.534. The lowest BCUT2D eigenvalue weighted by Gasteiger charge is -2.32. The van der Waals surface area contributed by atoms with Crippen molar-refractivity contribution in [3.8, 4) is 0 Å². The van der Waals surface area contributed by atoms with Crippen LogP contribution in [0.2, 0.25) is 0 Å². The Kier molecular flexibility index (Phi) is 6.91. The number of rotatable bonds is 5. The van der Waals surface area contributed by atoms with Crippen LogP contribution in [-0.2, 0) is 0 Å². The Morgan fingerprint density at radius 1 is 1.12 bits per heavy atom. The zero-order valence-electron chi connectivity index (χ0n) is 10.5. The predicted molar refractivity (Wildman–Crippen MR) is 67.6 cm³/mol. The van der Waals surface area contributed by atoms with E-state index in [-0.39, 0.29) is 24.0 Å². The van der Waals surface area contributed by atoms with Crippen LogP contribution in [0.5, 0.6) is 0 Å². The summed E-state index contributed by atoms with van der Waals surface area (Å²) in [5.41, 5.74) is 2.51. The second-order valence-electron chi connectivity index (χ2n) is 4.38. The number of benzene rings is 1. The third kappa shape index (κ3) is 4.26. The molecular weight excluding hydrogens is 309 g/mol. The van der Waals surface area contributed by atoms with E-state index in [9.17, 15) is 0 Å². The van der Waals surface area contributed by atoms with Crippen molar-refractivity contribution in [2.75, 3.05) is 26.7 Å². The van der Waals surface area contributed by atoms with Crippen molar-refractivity contribution in [3.05, 3.63) is 42.5 Å². The molecule has 1 aromatic carbocycles. The number of halogens is 1. The molecule has 0 saturated heterocycles. The van der Waals surface area contributed by atoms with Gasteiger partial charge in [-0.2, -0.15) is 0 Å². The maximum atomic E-state index is 4.19. The van der Waals surface area contributed by atoms with Gasteiger partial charge >= 0.3 is 0 Å². The van der Waals surface area contributed by atoms with Gasteiger partial charge in [0.05, 0.1) is 20.1 Å². The van der Waals surface area contributed by atoms with E-state index in [1.807, 2.05) is 6.07 Å². The predicted octanol–water partition coefficient (Wildman–Crippen LogP) is 0.190. The van der Waals surface area contributed by atoms with Crippen LogP contribution in [0, 0.1) is 0 Å². The second kappa shape index (κ2) is 7.07. The molecule has 1 nitrogen and oxygen atoms in total. The highest BCUT2D eigenvalue weighted by molar-refractivity contribution is 5.63. The molecule has 0 unspecified atom stereocenters. The van der Waals surface area contributed by atoms with Crippen molar-refractivity contribution in [2.45, 2.75) is 13.8 Å². The van der Waals surface area contributed by atoms with E-state index < -0.39 is 0 Å². The maximum absolute atomic E-state index is 4.19. The Balaban J connectivity index is 0.00000225. The molecule has 0 radical (unpaired) electrons. The minimum atomic E-state index is 0. The molecule has 0 amide bonds. The van der Waals surface area contributed by atoms with E-state index >= 15 is 0 Å². The number of nitrogens with zero attached hydrogens (tertiary/aromatic N) is 1. The third-order valence-electron chi connectivity index (χ3n) is 3.28. The van der Waals surface area contributed by atoms with Crippen molar-refractivity contribution in [3.63, 3.8) is 0 Å². The van der Waals surface area contributed by atoms with Gasteiger partial charge < -0.3 is 28.5 Å². The first-order valence-corrected chi connectivity index (χ1v) is 5.68. The summed E-state index contributed by atoms with van der Waals surface area (Å²) in [5.74, 6) is 0. The lowest BCUT2D eigenvalue weighted by atomic mass is 10.1. The summed E-state index contributed by atoms with van der Waals surface area (Å²) in [6, 6.07) is 10.5. The average molecular weight is 331 g/mol. The summed E-state index contributed by atoms with van der Waals surface area (Å²) in [6.45, 7) is 12.0. The summed E-state index contributed by atoms with van der Waals surface area (Å²) in [4.78, 5) is 0. The molecule has 2 heteroatoms. The lowest BCUT2D eigenvalue weighted by Crippen LogP contribution is -3.00. The molecule has 0 saturated carbocycles. The summed E-state index contributed by atoms with van der Waals surface area (Å²) in [7, 11) is 2.29. The van der Waals surface area contributed by atoms with Crippen molar-refractivity contribution in [1.29, 1.82) is 0 Å². The molecule has 1 aromatic rings. The molecule has 0 atom stereocenters. The van der Waals surface area contributed by atoms with Gasteiger partial charge in [-0.1, -0.05) is 36.9 Å². The first-order chi connectivity index (χ1) is 7.11. The van der Waals surface area contributed by atoms with Crippen LogP contribution in [0.25, 0.3) is 5.57 Å². The number of quaternary nitrogens is 1. The Bertz CT molecular complexity index is 315. The highest BCUT2D eigenvalue weighted by atomic mass is 127. The van der Waals surface area contributed by atoms with Gasteiger partial charge in [0.1, 0.15) is 6.54 Å². The molecule has 0 bridgehead atoms. The molecule has 0 aliphatic carbocycles. The van der Waals surface area contributed by atoms with E-state index in [1.165, 1.54) is 11.1 Å². The fraction of sp³-hybridized carbons (Fsp3) is 0.429. The molecule has 0 heterocycles. The zero-order chi connectivity index (χ0) is 11.3. The summed E-state index contributed by atoms with van der Waals surface area (Å²) in [6.07, 6.45) is 0. The molecule has 1 rings (SSSR count). The fourth-order valence-corrected chi connectivity index (χ4v) is 1.67. The third-order valence-corrected chi connectivity index (χ3v) is 3.28. The van der Waals surface area contributed by atoms with Crippen LogP contribution < -0.4 is 24.0 Å². The molecule has 90 valence electrons. The molecule has 16 heavy (non-hydrogen) atoms. The van der Waals surface area contributed by atoms with E-state index in [2.05, 4.69) is 51.7 Å². The van der Waals surface area contributed by atoms with E-state index in [1.54, 1.807) is 0 Å².